The van der Waals surface area contributed by atoms with E-state index in [1.165, 1.54) is 12.8 Å². The minimum absolute atomic E-state index is 0.0299. The number of rotatable bonds is 3. The fourth-order valence-electron chi connectivity index (χ4n) is 2.71. The molecule has 0 aromatic rings. The predicted octanol–water partition coefficient (Wildman–Crippen LogP) is 0.986. The molecular formula is C12H22N2O3. The Morgan fingerprint density at radius 3 is 3.12 bits per heavy atom. The van der Waals surface area contributed by atoms with E-state index in [1.54, 1.807) is 7.11 Å². The van der Waals surface area contributed by atoms with Gasteiger partial charge in [-0.05, 0) is 12.8 Å². The molecule has 0 spiro atoms. The number of amides is 2. The van der Waals surface area contributed by atoms with Crippen LogP contribution < -0.4 is 5.32 Å². The van der Waals surface area contributed by atoms with Crippen molar-refractivity contribution < 1.29 is 14.3 Å². The molecule has 5 heteroatoms. The lowest BCUT2D eigenvalue weighted by Crippen LogP contribution is -2.57. The quantitative estimate of drug-likeness (QED) is 0.751. The number of methoxy groups -OCH3 is 1. The van der Waals surface area contributed by atoms with E-state index in [-0.39, 0.29) is 18.2 Å². The average molecular weight is 242 g/mol. The second-order valence-electron chi connectivity index (χ2n) is 4.68. The van der Waals surface area contributed by atoms with Crippen LogP contribution in [0, 0.1) is 0 Å². The fraction of sp³-hybridized carbons (Fsp3) is 0.917. The maximum absolute atomic E-state index is 12.0. The predicted molar refractivity (Wildman–Crippen MR) is 64.0 cm³/mol. The molecule has 0 aromatic carbocycles. The van der Waals surface area contributed by atoms with Crippen molar-refractivity contribution in [3.05, 3.63) is 0 Å². The number of nitrogens with one attached hydrogen (secondary N) is 1. The summed E-state index contributed by atoms with van der Waals surface area (Å²) in [6.07, 6.45) is 4.84. The third kappa shape index (κ3) is 3.10. The van der Waals surface area contributed by atoms with Crippen LogP contribution in [0.25, 0.3) is 0 Å². The van der Waals surface area contributed by atoms with Gasteiger partial charge in [-0.25, -0.2) is 4.79 Å². The number of carbonyl (C=O) groups is 1. The van der Waals surface area contributed by atoms with Gasteiger partial charge in [0.1, 0.15) is 0 Å². The Hall–Kier alpha value is -0.810. The van der Waals surface area contributed by atoms with Gasteiger partial charge < -0.3 is 19.7 Å². The standard InChI is InChI=1S/C12H22N2O3/c1-16-8-6-13-12(15)14-7-9-17-11-5-3-2-4-10(11)14/h10-11H,2-9H2,1H3,(H,13,15). The highest BCUT2D eigenvalue weighted by Gasteiger charge is 2.36. The van der Waals surface area contributed by atoms with E-state index in [0.717, 1.165) is 12.8 Å². The van der Waals surface area contributed by atoms with Crippen LogP contribution in [0.1, 0.15) is 25.7 Å². The first kappa shape index (κ1) is 12.6. The molecule has 5 nitrogen and oxygen atoms in total. The fourth-order valence-corrected chi connectivity index (χ4v) is 2.71. The second kappa shape index (κ2) is 6.21. The van der Waals surface area contributed by atoms with E-state index >= 15 is 0 Å². The number of morpholine rings is 1. The lowest BCUT2D eigenvalue weighted by atomic mass is 9.90. The van der Waals surface area contributed by atoms with Crippen molar-refractivity contribution in [3.63, 3.8) is 0 Å². The third-order valence-corrected chi connectivity index (χ3v) is 3.58. The van der Waals surface area contributed by atoms with Gasteiger partial charge in [0.05, 0.1) is 25.4 Å². The van der Waals surface area contributed by atoms with Crippen molar-refractivity contribution in [2.75, 3.05) is 33.4 Å². The van der Waals surface area contributed by atoms with Crippen molar-refractivity contribution in [1.82, 2.24) is 10.2 Å². The highest BCUT2D eigenvalue weighted by molar-refractivity contribution is 5.74. The molecule has 1 aliphatic carbocycles. The van der Waals surface area contributed by atoms with Crippen LogP contribution in [-0.4, -0.2) is 56.5 Å². The summed E-state index contributed by atoms with van der Waals surface area (Å²) in [5.74, 6) is 0. The average Bonchev–Trinajstić information content (AvgIpc) is 2.38. The number of hydrogen-bond donors (Lipinski definition) is 1. The lowest BCUT2D eigenvalue weighted by molar-refractivity contribution is -0.0712. The molecule has 98 valence electrons. The lowest BCUT2D eigenvalue weighted by Gasteiger charge is -2.43. The Morgan fingerprint density at radius 1 is 1.47 bits per heavy atom. The molecule has 1 saturated carbocycles. The van der Waals surface area contributed by atoms with Crippen molar-refractivity contribution in [2.24, 2.45) is 0 Å². The van der Waals surface area contributed by atoms with Crippen LogP contribution in [-0.2, 0) is 9.47 Å². The number of nitrogens with zero attached hydrogens (tertiary/aromatic N) is 1. The summed E-state index contributed by atoms with van der Waals surface area (Å²) >= 11 is 0. The Labute approximate surface area is 102 Å². The monoisotopic (exact) mass is 242 g/mol. The van der Waals surface area contributed by atoms with Crippen molar-refractivity contribution in [3.8, 4) is 0 Å². The molecule has 0 bridgehead atoms. The van der Waals surface area contributed by atoms with Crippen molar-refractivity contribution in [1.29, 1.82) is 0 Å². The van der Waals surface area contributed by atoms with E-state index in [2.05, 4.69) is 5.32 Å². The molecule has 2 unspecified atom stereocenters. The van der Waals surface area contributed by atoms with Gasteiger partial charge in [-0.3, -0.25) is 0 Å². The number of ether oxygens (including phenoxy) is 2. The van der Waals surface area contributed by atoms with Gasteiger partial charge in [0.2, 0.25) is 0 Å². The summed E-state index contributed by atoms with van der Waals surface area (Å²) in [5.41, 5.74) is 0. The van der Waals surface area contributed by atoms with E-state index < -0.39 is 0 Å². The Morgan fingerprint density at radius 2 is 2.29 bits per heavy atom. The first-order valence-electron chi connectivity index (χ1n) is 6.48. The van der Waals surface area contributed by atoms with Gasteiger partial charge in [0, 0.05) is 20.2 Å². The summed E-state index contributed by atoms with van der Waals surface area (Å²) < 4.78 is 10.7. The third-order valence-electron chi connectivity index (χ3n) is 3.58. The highest BCUT2D eigenvalue weighted by Crippen LogP contribution is 2.28. The number of urea groups is 1. The summed E-state index contributed by atoms with van der Waals surface area (Å²) in [7, 11) is 1.64. The minimum atomic E-state index is 0.0299. The molecule has 1 saturated heterocycles. The maximum Gasteiger partial charge on any atom is 0.317 e. The molecule has 17 heavy (non-hydrogen) atoms. The molecule has 2 aliphatic rings. The molecule has 2 atom stereocenters. The van der Waals surface area contributed by atoms with E-state index in [0.29, 0.717) is 26.3 Å². The first-order chi connectivity index (χ1) is 8.33. The largest absolute Gasteiger partial charge is 0.383 e. The Bertz CT molecular complexity index is 258. The minimum Gasteiger partial charge on any atom is -0.383 e. The molecule has 2 rings (SSSR count). The first-order valence-corrected chi connectivity index (χ1v) is 6.48. The van der Waals surface area contributed by atoms with Crippen molar-refractivity contribution >= 4 is 6.03 Å². The zero-order valence-corrected chi connectivity index (χ0v) is 10.5. The molecule has 0 aromatic heterocycles. The molecule has 1 heterocycles. The van der Waals surface area contributed by atoms with Crippen LogP contribution >= 0.6 is 0 Å². The smallest absolute Gasteiger partial charge is 0.317 e. The Balaban J connectivity index is 1.87. The van der Waals surface area contributed by atoms with Crippen LogP contribution in [0.2, 0.25) is 0 Å². The molecule has 1 aliphatic heterocycles. The van der Waals surface area contributed by atoms with Crippen LogP contribution in [0.4, 0.5) is 4.79 Å². The van der Waals surface area contributed by atoms with Crippen LogP contribution in [0.5, 0.6) is 0 Å². The molecule has 1 N–H and O–H groups in total. The SMILES string of the molecule is COCCNC(=O)N1CCOC2CCCCC21. The maximum atomic E-state index is 12.0. The van der Waals surface area contributed by atoms with Gasteiger partial charge in [0.15, 0.2) is 0 Å². The van der Waals surface area contributed by atoms with E-state index in [4.69, 9.17) is 9.47 Å². The normalized spacial score (nSPS) is 28.6. The Kier molecular flexibility index (Phi) is 4.62. The van der Waals surface area contributed by atoms with Crippen LogP contribution in [0.3, 0.4) is 0 Å². The summed E-state index contributed by atoms with van der Waals surface area (Å²) in [5, 5.41) is 2.89. The molecule has 2 amide bonds. The molecular weight excluding hydrogens is 220 g/mol. The number of carbonyl (C=O) groups excluding carboxylic acids is 1. The molecule has 0 radical (unpaired) electrons. The van der Waals surface area contributed by atoms with Gasteiger partial charge in [-0.15, -0.1) is 0 Å². The summed E-state index contributed by atoms with van der Waals surface area (Å²) in [4.78, 5) is 14.0. The zero-order valence-electron chi connectivity index (χ0n) is 10.5. The van der Waals surface area contributed by atoms with Gasteiger partial charge in [-0.1, -0.05) is 12.8 Å². The van der Waals surface area contributed by atoms with Gasteiger partial charge in [-0.2, -0.15) is 0 Å². The second-order valence-corrected chi connectivity index (χ2v) is 4.68. The van der Waals surface area contributed by atoms with Crippen LogP contribution in [0.15, 0.2) is 0 Å². The van der Waals surface area contributed by atoms with Crippen molar-refractivity contribution in [2.45, 2.75) is 37.8 Å². The van der Waals surface area contributed by atoms with Gasteiger partial charge >= 0.3 is 6.03 Å². The van der Waals surface area contributed by atoms with Gasteiger partial charge in [0.25, 0.3) is 0 Å². The summed E-state index contributed by atoms with van der Waals surface area (Å²) in [6, 6.07) is 0.308. The number of hydrogen-bond acceptors (Lipinski definition) is 3. The number of fused-ring (bicyclic) bond motifs is 1. The zero-order chi connectivity index (χ0) is 12.1. The topological polar surface area (TPSA) is 50.8 Å². The molecule has 2 fully saturated rings. The summed E-state index contributed by atoms with van der Waals surface area (Å²) in [6.45, 7) is 2.51. The highest BCUT2D eigenvalue weighted by atomic mass is 16.5. The van der Waals surface area contributed by atoms with E-state index in [9.17, 15) is 4.79 Å². The van der Waals surface area contributed by atoms with E-state index in [1.807, 2.05) is 4.90 Å².